The topological polar surface area (TPSA) is 72.2 Å². The van der Waals surface area contributed by atoms with E-state index in [0.717, 1.165) is 12.1 Å². The van der Waals surface area contributed by atoms with Gasteiger partial charge in [-0.1, -0.05) is 11.6 Å². The minimum atomic E-state index is -0.722. The summed E-state index contributed by atoms with van der Waals surface area (Å²) in [7, 11) is 0. The predicted octanol–water partition coefficient (Wildman–Crippen LogP) is 3.23. The van der Waals surface area contributed by atoms with Crippen LogP contribution in [0.2, 0.25) is 5.15 Å². The van der Waals surface area contributed by atoms with Crippen molar-refractivity contribution in [2.75, 3.05) is 5.32 Å². The van der Waals surface area contributed by atoms with Gasteiger partial charge >= 0.3 is 5.63 Å². The highest BCUT2D eigenvalue weighted by Gasteiger charge is 2.14. The number of halogens is 2. The van der Waals surface area contributed by atoms with Gasteiger partial charge < -0.3 is 9.73 Å². The summed E-state index contributed by atoms with van der Waals surface area (Å²) in [5.74, 6) is -1.44. The second-order valence-electron chi connectivity index (χ2n) is 4.43. The number of carbonyl (C=O) groups is 1. The van der Waals surface area contributed by atoms with E-state index in [1.807, 2.05) is 0 Å². The van der Waals surface area contributed by atoms with Crippen molar-refractivity contribution in [2.45, 2.75) is 0 Å². The lowest BCUT2D eigenvalue weighted by Crippen LogP contribution is -2.15. The van der Waals surface area contributed by atoms with Crippen LogP contribution in [0.1, 0.15) is 10.6 Å². The Morgan fingerprint density at radius 2 is 2.09 bits per heavy atom. The molecule has 0 aliphatic rings. The third kappa shape index (κ3) is 2.68. The van der Waals surface area contributed by atoms with Crippen LogP contribution in [-0.2, 0) is 0 Å². The molecular formula is C15H8ClFN2O3. The van der Waals surface area contributed by atoms with Gasteiger partial charge in [-0.05, 0) is 41.8 Å². The first-order valence-corrected chi connectivity index (χ1v) is 6.57. The van der Waals surface area contributed by atoms with Crippen molar-refractivity contribution in [3.63, 3.8) is 0 Å². The fraction of sp³-hybridized carbons (Fsp3) is 0. The molecule has 1 aromatic carbocycles. The Morgan fingerprint density at radius 1 is 1.27 bits per heavy atom. The van der Waals surface area contributed by atoms with Crippen LogP contribution in [0.15, 0.2) is 51.8 Å². The molecule has 0 saturated carbocycles. The van der Waals surface area contributed by atoms with E-state index in [2.05, 4.69) is 10.3 Å². The fourth-order valence-corrected chi connectivity index (χ4v) is 2.11. The van der Waals surface area contributed by atoms with Crippen LogP contribution in [-0.4, -0.2) is 10.9 Å². The molecule has 1 N–H and O–H groups in total. The highest BCUT2D eigenvalue weighted by atomic mass is 35.5. The third-order valence-electron chi connectivity index (χ3n) is 2.95. The number of amides is 1. The predicted molar refractivity (Wildman–Crippen MR) is 79.6 cm³/mol. The monoisotopic (exact) mass is 318 g/mol. The average molecular weight is 319 g/mol. The smallest absolute Gasteiger partial charge is 0.344 e. The zero-order valence-corrected chi connectivity index (χ0v) is 11.7. The van der Waals surface area contributed by atoms with E-state index >= 15 is 0 Å². The fourth-order valence-electron chi connectivity index (χ4n) is 1.94. The number of nitrogens with zero attached hydrogens (tertiary/aromatic N) is 1. The summed E-state index contributed by atoms with van der Waals surface area (Å²) in [6.07, 6.45) is 1.47. The van der Waals surface area contributed by atoms with Gasteiger partial charge in [0, 0.05) is 6.20 Å². The molecule has 5 nitrogen and oxygen atoms in total. The van der Waals surface area contributed by atoms with Crippen LogP contribution < -0.4 is 10.9 Å². The summed E-state index contributed by atoms with van der Waals surface area (Å²) in [5.41, 5.74) is -0.448. The Balaban J connectivity index is 2.01. The Bertz CT molecular complexity index is 939. The molecule has 22 heavy (non-hydrogen) atoms. The summed E-state index contributed by atoms with van der Waals surface area (Å²) < 4.78 is 18.2. The van der Waals surface area contributed by atoms with E-state index in [4.69, 9.17) is 16.0 Å². The minimum absolute atomic E-state index is 0.102. The van der Waals surface area contributed by atoms with Crippen molar-refractivity contribution in [3.05, 3.63) is 69.7 Å². The lowest BCUT2D eigenvalue weighted by Gasteiger charge is -2.06. The molecule has 3 rings (SSSR count). The molecule has 0 saturated heterocycles. The first-order valence-electron chi connectivity index (χ1n) is 6.20. The number of benzene rings is 1. The van der Waals surface area contributed by atoms with Gasteiger partial charge in [-0.2, -0.15) is 0 Å². The van der Waals surface area contributed by atoms with Crippen LogP contribution in [0.25, 0.3) is 10.8 Å². The first-order chi connectivity index (χ1) is 10.5. The van der Waals surface area contributed by atoms with E-state index in [0.29, 0.717) is 0 Å². The van der Waals surface area contributed by atoms with Crippen LogP contribution in [0, 0.1) is 5.82 Å². The zero-order chi connectivity index (χ0) is 15.7. The van der Waals surface area contributed by atoms with E-state index < -0.39 is 17.3 Å². The molecule has 0 fully saturated rings. The number of aromatic nitrogens is 1. The van der Waals surface area contributed by atoms with Crippen molar-refractivity contribution in [2.24, 2.45) is 0 Å². The second kappa shape index (κ2) is 5.57. The SMILES string of the molecule is O=C(Nc1cccnc1Cl)c1cc2cc(F)ccc2c(=O)o1. The van der Waals surface area contributed by atoms with Crippen molar-refractivity contribution >= 4 is 34.0 Å². The first kappa shape index (κ1) is 14.2. The lowest BCUT2D eigenvalue weighted by atomic mass is 10.1. The van der Waals surface area contributed by atoms with Crippen molar-refractivity contribution < 1.29 is 13.6 Å². The number of pyridine rings is 1. The molecule has 3 aromatic rings. The molecule has 110 valence electrons. The van der Waals surface area contributed by atoms with Gasteiger partial charge in [0.25, 0.3) is 5.91 Å². The third-order valence-corrected chi connectivity index (χ3v) is 3.26. The number of rotatable bonds is 2. The van der Waals surface area contributed by atoms with Crippen LogP contribution >= 0.6 is 11.6 Å². The van der Waals surface area contributed by atoms with Crippen LogP contribution in [0.3, 0.4) is 0 Å². The molecule has 0 bridgehead atoms. The van der Waals surface area contributed by atoms with Crippen LogP contribution in [0.4, 0.5) is 10.1 Å². The Morgan fingerprint density at radius 3 is 2.86 bits per heavy atom. The number of carbonyl (C=O) groups excluding carboxylic acids is 1. The molecular weight excluding hydrogens is 311 g/mol. The van der Waals surface area contributed by atoms with Gasteiger partial charge in [0.1, 0.15) is 5.82 Å². The Kier molecular flexibility index (Phi) is 3.60. The van der Waals surface area contributed by atoms with Gasteiger partial charge in [0.2, 0.25) is 0 Å². The molecule has 2 heterocycles. The normalized spacial score (nSPS) is 10.6. The molecule has 7 heteroatoms. The summed E-state index contributed by atoms with van der Waals surface area (Å²) in [5, 5.41) is 3.04. The molecule has 0 unspecified atom stereocenters. The molecule has 0 atom stereocenters. The molecule has 0 aliphatic heterocycles. The van der Waals surface area contributed by atoms with E-state index in [1.54, 1.807) is 12.1 Å². The molecule has 1 amide bonds. The van der Waals surface area contributed by atoms with E-state index in [9.17, 15) is 14.0 Å². The maximum Gasteiger partial charge on any atom is 0.344 e. The highest BCUT2D eigenvalue weighted by molar-refractivity contribution is 6.32. The summed E-state index contributed by atoms with van der Waals surface area (Å²) in [6, 6.07) is 8.03. The van der Waals surface area contributed by atoms with Crippen molar-refractivity contribution in [3.8, 4) is 0 Å². The number of hydrogen-bond donors (Lipinski definition) is 1. The standard InChI is InChI=1S/C15H8ClFN2O3/c16-13-11(2-1-5-18-13)19-14(20)12-7-8-6-9(17)3-4-10(8)15(21)22-12/h1-7H,(H,19,20). The minimum Gasteiger partial charge on any atom is -0.417 e. The number of nitrogens with one attached hydrogen (secondary N) is 1. The Hall–Kier alpha value is -2.73. The molecule has 0 radical (unpaired) electrons. The lowest BCUT2D eigenvalue weighted by molar-refractivity contribution is 0.0993. The highest BCUT2D eigenvalue weighted by Crippen LogP contribution is 2.19. The molecule has 2 aromatic heterocycles. The van der Waals surface area contributed by atoms with Gasteiger partial charge in [-0.25, -0.2) is 14.2 Å². The van der Waals surface area contributed by atoms with Crippen LogP contribution in [0.5, 0.6) is 0 Å². The van der Waals surface area contributed by atoms with Crippen molar-refractivity contribution in [1.29, 1.82) is 0 Å². The van der Waals surface area contributed by atoms with Gasteiger partial charge in [-0.15, -0.1) is 0 Å². The number of anilines is 1. The van der Waals surface area contributed by atoms with Gasteiger partial charge in [-0.3, -0.25) is 4.79 Å². The largest absolute Gasteiger partial charge is 0.417 e. The maximum absolute atomic E-state index is 13.2. The molecule has 0 spiro atoms. The number of hydrogen-bond acceptors (Lipinski definition) is 4. The molecule has 0 aliphatic carbocycles. The van der Waals surface area contributed by atoms with E-state index in [1.165, 1.54) is 18.3 Å². The quantitative estimate of drug-likeness (QED) is 0.736. The maximum atomic E-state index is 13.2. The zero-order valence-electron chi connectivity index (χ0n) is 11.0. The van der Waals surface area contributed by atoms with Gasteiger partial charge in [0.15, 0.2) is 10.9 Å². The number of fused-ring (bicyclic) bond motifs is 1. The average Bonchev–Trinajstić information content (AvgIpc) is 2.49. The summed E-state index contributed by atoms with van der Waals surface area (Å²) >= 11 is 5.84. The van der Waals surface area contributed by atoms with Gasteiger partial charge in [0.05, 0.1) is 11.1 Å². The summed E-state index contributed by atoms with van der Waals surface area (Å²) in [4.78, 5) is 27.8. The summed E-state index contributed by atoms with van der Waals surface area (Å²) in [6.45, 7) is 0. The van der Waals surface area contributed by atoms with E-state index in [-0.39, 0.29) is 27.4 Å². The second-order valence-corrected chi connectivity index (χ2v) is 4.78. The Labute approximate surface area is 128 Å². The van der Waals surface area contributed by atoms with Crippen molar-refractivity contribution in [1.82, 2.24) is 4.98 Å².